The van der Waals surface area contributed by atoms with Crippen LogP contribution in [0, 0.1) is 5.82 Å². The molecule has 0 saturated carbocycles. The van der Waals surface area contributed by atoms with Crippen molar-refractivity contribution in [2.24, 2.45) is 0 Å². The van der Waals surface area contributed by atoms with Crippen LogP contribution in [0.4, 0.5) is 10.1 Å². The number of rotatable bonds is 4. The van der Waals surface area contributed by atoms with Crippen LogP contribution in [0.25, 0.3) is 0 Å². The molecule has 24 heavy (non-hydrogen) atoms. The number of nitrogens with one attached hydrogen (secondary N) is 1. The van der Waals surface area contributed by atoms with Gasteiger partial charge in [0.2, 0.25) is 0 Å². The molecule has 0 radical (unpaired) electrons. The molecule has 1 unspecified atom stereocenters. The molecule has 2 aromatic carbocycles. The molecule has 3 nitrogen and oxygen atoms in total. The standard InChI is InChI=1S/C19H21ClFNO2/c1-12(18(23)22-14-7-10-17(21)16(20)11-14)24-15-8-5-13(6-9-15)19(2,3)4/h5-12H,1-4H3,(H,22,23). The molecule has 1 amide bonds. The van der Waals surface area contributed by atoms with E-state index in [2.05, 4.69) is 26.1 Å². The summed E-state index contributed by atoms with van der Waals surface area (Å²) in [5.74, 6) is -0.252. The summed E-state index contributed by atoms with van der Waals surface area (Å²) in [6.07, 6.45) is -0.700. The first-order valence-corrected chi connectivity index (χ1v) is 8.08. The van der Waals surface area contributed by atoms with Crippen LogP contribution in [-0.4, -0.2) is 12.0 Å². The zero-order valence-electron chi connectivity index (χ0n) is 14.2. The Morgan fingerprint density at radius 1 is 1.17 bits per heavy atom. The van der Waals surface area contributed by atoms with E-state index in [0.29, 0.717) is 11.4 Å². The topological polar surface area (TPSA) is 38.3 Å². The first-order chi connectivity index (χ1) is 11.2. The molecule has 1 atom stereocenters. The maximum absolute atomic E-state index is 13.1. The number of carbonyl (C=O) groups is 1. The van der Waals surface area contributed by atoms with Gasteiger partial charge in [-0.2, -0.15) is 0 Å². The molecule has 5 heteroatoms. The van der Waals surface area contributed by atoms with Gasteiger partial charge in [0, 0.05) is 5.69 Å². The van der Waals surface area contributed by atoms with Crippen LogP contribution in [0.15, 0.2) is 42.5 Å². The van der Waals surface area contributed by atoms with E-state index in [9.17, 15) is 9.18 Å². The van der Waals surface area contributed by atoms with Crippen LogP contribution >= 0.6 is 11.6 Å². The lowest BCUT2D eigenvalue weighted by Gasteiger charge is -2.20. The van der Waals surface area contributed by atoms with Gasteiger partial charge in [0.1, 0.15) is 11.6 Å². The quantitative estimate of drug-likeness (QED) is 0.825. The van der Waals surface area contributed by atoms with E-state index in [-0.39, 0.29) is 16.3 Å². The summed E-state index contributed by atoms with van der Waals surface area (Å²) in [4.78, 5) is 12.2. The van der Waals surface area contributed by atoms with Crippen molar-refractivity contribution in [3.05, 3.63) is 58.9 Å². The third-order valence-corrected chi connectivity index (χ3v) is 3.88. The Morgan fingerprint density at radius 2 is 1.79 bits per heavy atom. The predicted octanol–water partition coefficient (Wildman–Crippen LogP) is 5.18. The number of anilines is 1. The summed E-state index contributed by atoms with van der Waals surface area (Å²) in [7, 11) is 0. The summed E-state index contributed by atoms with van der Waals surface area (Å²) in [6, 6.07) is 11.7. The minimum atomic E-state index is -0.700. The minimum Gasteiger partial charge on any atom is -0.481 e. The van der Waals surface area contributed by atoms with Crippen molar-refractivity contribution in [2.45, 2.75) is 39.2 Å². The van der Waals surface area contributed by atoms with Crippen molar-refractivity contribution < 1.29 is 13.9 Å². The summed E-state index contributed by atoms with van der Waals surface area (Å²) in [5, 5.41) is 2.61. The zero-order chi connectivity index (χ0) is 17.9. The van der Waals surface area contributed by atoms with Gasteiger partial charge in [0.15, 0.2) is 6.10 Å². The first kappa shape index (κ1) is 18.3. The molecular weight excluding hydrogens is 329 g/mol. The van der Waals surface area contributed by atoms with Gasteiger partial charge < -0.3 is 10.1 Å². The summed E-state index contributed by atoms with van der Waals surface area (Å²) >= 11 is 5.70. The van der Waals surface area contributed by atoms with Crippen LogP contribution < -0.4 is 10.1 Å². The highest BCUT2D eigenvalue weighted by Crippen LogP contribution is 2.25. The Bertz CT molecular complexity index is 723. The monoisotopic (exact) mass is 349 g/mol. The second-order valence-electron chi connectivity index (χ2n) is 6.65. The van der Waals surface area contributed by atoms with E-state index in [1.54, 1.807) is 6.92 Å². The van der Waals surface area contributed by atoms with Crippen molar-refractivity contribution in [1.29, 1.82) is 0 Å². The summed E-state index contributed by atoms with van der Waals surface area (Å²) in [6.45, 7) is 8.05. The molecular formula is C19H21ClFNO2. The number of amides is 1. The largest absolute Gasteiger partial charge is 0.481 e. The highest BCUT2D eigenvalue weighted by atomic mass is 35.5. The molecule has 0 spiro atoms. The summed E-state index contributed by atoms with van der Waals surface area (Å²) in [5.41, 5.74) is 1.67. The lowest BCUT2D eigenvalue weighted by atomic mass is 9.87. The van der Waals surface area contributed by atoms with Gasteiger partial charge in [0.05, 0.1) is 5.02 Å². The molecule has 2 rings (SSSR count). The maximum atomic E-state index is 13.1. The lowest BCUT2D eigenvalue weighted by molar-refractivity contribution is -0.122. The van der Waals surface area contributed by atoms with Gasteiger partial charge in [-0.25, -0.2) is 4.39 Å². The molecule has 0 bridgehead atoms. The van der Waals surface area contributed by atoms with Gasteiger partial charge >= 0.3 is 0 Å². The Morgan fingerprint density at radius 3 is 2.33 bits per heavy atom. The smallest absolute Gasteiger partial charge is 0.265 e. The van der Waals surface area contributed by atoms with E-state index < -0.39 is 11.9 Å². The maximum Gasteiger partial charge on any atom is 0.265 e. The minimum absolute atomic E-state index is 0.0425. The van der Waals surface area contributed by atoms with Crippen LogP contribution in [0.3, 0.4) is 0 Å². The molecule has 0 aromatic heterocycles. The lowest BCUT2D eigenvalue weighted by Crippen LogP contribution is -2.30. The predicted molar refractivity (Wildman–Crippen MR) is 95.3 cm³/mol. The van der Waals surface area contributed by atoms with Crippen molar-refractivity contribution >= 4 is 23.2 Å². The third-order valence-electron chi connectivity index (χ3n) is 3.59. The van der Waals surface area contributed by atoms with E-state index >= 15 is 0 Å². The molecule has 2 aromatic rings. The van der Waals surface area contributed by atoms with E-state index in [4.69, 9.17) is 16.3 Å². The number of hydrogen-bond donors (Lipinski definition) is 1. The van der Waals surface area contributed by atoms with Crippen LogP contribution in [0.2, 0.25) is 5.02 Å². The first-order valence-electron chi connectivity index (χ1n) is 7.70. The molecule has 0 aliphatic carbocycles. The SMILES string of the molecule is CC(Oc1ccc(C(C)(C)C)cc1)C(=O)Nc1ccc(F)c(Cl)c1. The Kier molecular flexibility index (Phi) is 5.50. The van der Waals surface area contributed by atoms with Gasteiger partial charge in [-0.1, -0.05) is 44.5 Å². The Hall–Kier alpha value is -2.07. The van der Waals surface area contributed by atoms with Crippen LogP contribution in [-0.2, 0) is 10.2 Å². The number of halogens is 2. The van der Waals surface area contributed by atoms with Crippen LogP contribution in [0.1, 0.15) is 33.3 Å². The number of carbonyl (C=O) groups excluding carboxylic acids is 1. The third kappa shape index (κ3) is 4.71. The number of ether oxygens (including phenoxy) is 1. The van der Waals surface area contributed by atoms with Crippen molar-refractivity contribution in [1.82, 2.24) is 0 Å². The van der Waals surface area contributed by atoms with Gasteiger partial charge in [-0.3, -0.25) is 4.79 Å². The second-order valence-corrected chi connectivity index (χ2v) is 7.06. The van der Waals surface area contributed by atoms with E-state index in [1.807, 2.05) is 24.3 Å². The van der Waals surface area contributed by atoms with Gasteiger partial charge in [-0.15, -0.1) is 0 Å². The normalized spacial score (nSPS) is 12.6. The second kappa shape index (κ2) is 7.22. The molecule has 0 saturated heterocycles. The fraction of sp³-hybridized carbons (Fsp3) is 0.316. The van der Waals surface area contributed by atoms with E-state index in [0.717, 1.165) is 0 Å². The molecule has 0 heterocycles. The molecule has 128 valence electrons. The number of benzene rings is 2. The fourth-order valence-corrected chi connectivity index (χ4v) is 2.29. The zero-order valence-corrected chi connectivity index (χ0v) is 14.9. The van der Waals surface area contributed by atoms with Crippen molar-refractivity contribution in [3.63, 3.8) is 0 Å². The number of hydrogen-bond acceptors (Lipinski definition) is 2. The fourth-order valence-electron chi connectivity index (χ4n) is 2.11. The van der Waals surface area contributed by atoms with Crippen molar-refractivity contribution in [3.8, 4) is 5.75 Å². The van der Waals surface area contributed by atoms with Gasteiger partial charge in [-0.05, 0) is 48.2 Å². The Balaban J connectivity index is 1.99. The summed E-state index contributed by atoms with van der Waals surface area (Å²) < 4.78 is 18.8. The average molecular weight is 350 g/mol. The highest BCUT2D eigenvalue weighted by molar-refractivity contribution is 6.31. The van der Waals surface area contributed by atoms with Gasteiger partial charge in [0.25, 0.3) is 5.91 Å². The average Bonchev–Trinajstić information content (AvgIpc) is 2.50. The molecule has 0 aliphatic heterocycles. The van der Waals surface area contributed by atoms with Crippen molar-refractivity contribution in [2.75, 3.05) is 5.32 Å². The molecule has 0 fully saturated rings. The van der Waals surface area contributed by atoms with Crippen LogP contribution in [0.5, 0.6) is 5.75 Å². The Labute approximate surface area is 146 Å². The molecule has 0 aliphatic rings. The van der Waals surface area contributed by atoms with E-state index in [1.165, 1.54) is 23.8 Å². The molecule has 1 N–H and O–H groups in total. The highest BCUT2D eigenvalue weighted by Gasteiger charge is 2.17.